The number of carbonyl (C=O) groups excluding carboxylic acids is 1. The monoisotopic (exact) mass is 326 g/mol. The van der Waals surface area contributed by atoms with E-state index in [9.17, 15) is 4.79 Å². The molecule has 1 aromatic heterocycles. The van der Waals surface area contributed by atoms with Crippen LogP contribution in [0.2, 0.25) is 0 Å². The van der Waals surface area contributed by atoms with Gasteiger partial charge in [-0.05, 0) is 54.2 Å². The Morgan fingerprint density at radius 1 is 1.63 bits per heavy atom. The molecule has 104 valence electrons. The van der Waals surface area contributed by atoms with Crippen molar-refractivity contribution in [3.63, 3.8) is 0 Å². The molecule has 0 spiro atoms. The summed E-state index contributed by atoms with van der Waals surface area (Å²) in [7, 11) is 0. The minimum Gasteiger partial charge on any atom is -0.466 e. The normalized spacial score (nSPS) is 19.3. The van der Waals surface area contributed by atoms with Crippen LogP contribution in [-0.2, 0) is 9.53 Å². The van der Waals surface area contributed by atoms with Gasteiger partial charge in [0.1, 0.15) is 5.82 Å². The lowest BCUT2D eigenvalue weighted by molar-refractivity contribution is -0.148. The number of piperidine rings is 1. The molecular formula is C14H19BrN2O2. The average Bonchev–Trinajstić information content (AvgIpc) is 2.42. The minimum absolute atomic E-state index is 0.0390. The third kappa shape index (κ3) is 3.26. The number of carbonyl (C=O) groups is 1. The summed E-state index contributed by atoms with van der Waals surface area (Å²) >= 11 is 3.58. The summed E-state index contributed by atoms with van der Waals surface area (Å²) in [5.41, 5.74) is 1.16. The van der Waals surface area contributed by atoms with Gasteiger partial charge >= 0.3 is 5.97 Å². The predicted molar refractivity (Wildman–Crippen MR) is 78.2 cm³/mol. The lowest BCUT2D eigenvalue weighted by atomic mass is 9.98. The summed E-state index contributed by atoms with van der Waals surface area (Å²) in [5.74, 6) is 0.799. The van der Waals surface area contributed by atoms with Crippen molar-refractivity contribution in [2.75, 3.05) is 24.6 Å². The molecular weight excluding hydrogens is 308 g/mol. The molecule has 1 aliphatic heterocycles. The van der Waals surface area contributed by atoms with Crippen LogP contribution in [-0.4, -0.2) is 30.6 Å². The fourth-order valence-corrected chi connectivity index (χ4v) is 2.85. The van der Waals surface area contributed by atoms with E-state index in [-0.39, 0.29) is 11.9 Å². The SMILES string of the molecule is CCOC(=O)C1CCCN(c2nccc(C)c2Br)C1. The van der Waals surface area contributed by atoms with Gasteiger partial charge in [-0.15, -0.1) is 0 Å². The van der Waals surface area contributed by atoms with Crippen LogP contribution in [0.15, 0.2) is 16.7 Å². The molecule has 0 aliphatic carbocycles. The molecule has 2 heterocycles. The summed E-state index contributed by atoms with van der Waals surface area (Å²) in [6.07, 6.45) is 3.70. The maximum atomic E-state index is 11.8. The second kappa shape index (κ2) is 6.37. The first-order valence-corrected chi connectivity index (χ1v) is 7.45. The highest BCUT2D eigenvalue weighted by Gasteiger charge is 2.28. The van der Waals surface area contributed by atoms with Gasteiger partial charge in [0.05, 0.1) is 17.0 Å². The summed E-state index contributed by atoms with van der Waals surface area (Å²) < 4.78 is 6.14. The smallest absolute Gasteiger partial charge is 0.310 e. The molecule has 0 aromatic carbocycles. The molecule has 1 fully saturated rings. The number of aryl methyl sites for hydroxylation is 1. The number of esters is 1. The Hall–Kier alpha value is -1.10. The molecule has 19 heavy (non-hydrogen) atoms. The molecule has 5 heteroatoms. The third-order valence-corrected chi connectivity index (χ3v) is 4.38. The van der Waals surface area contributed by atoms with E-state index < -0.39 is 0 Å². The highest BCUT2D eigenvalue weighted by atomic mass is 79.9. The molecule has 1 atom stereocenters. The van der Waals surface area contributed by atoms with Gasteiger partial charge in [0.2, 0.25) is 0 Å². The van der Waals surface area contributed by atoms with Crippen molar-refractivity contribution in [2.24, 2.45) is 5.92 Å². The van der Waals surface area contributed by atoms with Crippen LogP contribution in [0, 0.1) is 12.8 Å². The second-order valence-corrected chi connectivity index (χ2v) is 5.60. The first kappa shape index (κ1) is 14.3. The lowest BCUT2D eigenvalue weighted by Crippen LogP contribution is -2.40. The Kier molecular flexibility index (Phi) is 4.80. The van der Waals surface area contributed by atoms with E-state index >= 15 is 0 Å². The summed E-state index contributed by atoms with van der Waals surface area (Å²) in [6, 6.07) is 1.97. The van der Waals surface area contributed by atoms with Gasteiger partial charge in [0.25, 0.3) is 0 Å². The van der Waals surface area contributed by atoms with Crippen molar-refractivity contribution in [3.8, 4) is 0 Å². The van der Waals surface area contributed by atoms with Crippen molar-refractivity contribution in [3.05, 3.63) is 22.3 Å². The quantitative estimate of drug-likeness (QED) is 0.801. The number of hydrogen-bond donors (Lipinski definition) is 0. The van der Waals surface area contributed by atoms with Gasteiger partial charge in [0, 0.05) is 19.3 Å². The van der Waals surface area contributed by atoms with Crippen molar-refractivity contribution >= 4 is 27.7 Å². The van der Waals surface area contributed by atoms with Crippen LogP contribution in [0.4, 0.5) is 5.82 Å². The highest BCUT2D eigenvalue weighted by Crippen LogP contribution is 2.30. The Morgan fingerprint density at radius 2 is 2.42 bits per heavy atom. The van der Waals surface area contributed by atoms with Crippen LogP contribution < -0.4 is 4.90 Å². The topological polar surface area (TPSA) is 42.4 Å². The molecule has 0 N–H and O–H groups in total. The Bertz CT molecular complexity index is 465. The standard InChI is InChI=1S/C14H19BrN2O2/c1-3-19-14(18)11-5-4-8-17(9-11)13-12(15)10(2)6-7-16-13/h6-7,11H,3-5,8-9H2,1-2H3. The molecule has 1 unspecified atom stereocenters. The highest BCUT2D eigenvalue weighted by molar-refractivity contribution is 9.10. The number of nitrogens with zero attached hydrogens (tertiary/aromatic N) is 2. The van der Waals surface area contributed by atoms with Gasteiger partial charge in [-0.1, -0.05) is 0 Å². The third-order valence-electron chi connectivity index (χ3n) is 3.40. The summed E-state index contributed by atoms with van der Waals surface area (Å²) in [5, 5.41) is 0. The largest absolute Gasteiger partial charge is 0.466 e. The summed E-state index contributed by atoms with van der Waals surface area (Å²) in [4.78, 5) is 18.4. The van der Waals surface area contributed by atoms with Gasteiger partial charge < -0.3 is 9.64 Å². The molecule has 0 radical (unpaired) electrons. The molecule has 0 saturated carbocycles. The molecule has 2 rings (SSSR count). The predicted octanol–water partition coefficient (Wildman–Crippen LogP) is 2.93. The fraction of sp³-hybridized carbons (Fsp3) is 0.571. The van der Waals surface area contributed by atoms with Crippen molar-refractivity contribution < 1.29 is 9.53 Å². The lowest BCUT2D eigenvalue weighted by Gasteiger charge is -2.33. The molecule has 1 saturated heterocycles. The van der Waals surface area contributed by atoms with E-state index in [1.54, 1.807) is 0 Å². The molecule has 1 aliphatic rings. The first-order valence-electron chi connectivity index (χ1n) is 6.66. The van der Waals surface area contributed by atoms with E-state index in [1.807, 2.05) is 26.1 Å². The molecule has 0 amide bonds. The molecule has 1 aromatic rings. The number of anilines is 1. The number of pyridine rings is 1. The van der Waals surface area contributed by atoms with Gasteiger partial charge in [0.15, 0.2) is 0 Å². The van der Waals surface area contributed by atoms with Crippen LogP contribution in [0.3, 0.4) is 0 Å². The van der Waals surface area contributed by atoms with E-state index in [4.69, 9.17) is 4.74 Å². The van der Waals surface area contributed by atoms with Gasteiger partial charge in [-0.25, -0.2) is 4.98 Å². The zero-order valence-corrected chi connectivity index (χ0v) is 12.9. The van der Waals surface area contributed by atoms with E-state index in [2.05, 4.69) is 25.8 Å². The number of ether oxygens (including phenoxy) is 1. The first-order chi connectivity index (χ1) is 9.13. The molecule has 0 bridgehead atoms. The number of halogens is 1. The number of rotatable bonds is 3. The van der Waals surface area contributed by atoms with E-state index in [0.717, 1.165) is 35.2 Å². The van der Waals surface area contributed by atoms with Crippen molar-refractivity contribution in [1.29, 1.82) is 0 Å². The number of hydrogen-bond acceptors (Lipinski definition) is 4. The van der Waals surface area contributed by atoms with E-state index in [1.165, 1.54) is 0 Å². The fourth-order valence-electron chi connectivity index (χ4n) is 2.37. The van der Waals surface area contributed by atoms with Crippen molar-refractivity contribution in [2.45, 2.75) is 26.7 Å². The van der Waals surface area contributed by atoms with Crippen LogP contribution in [0.25, 0.3) is 0 Å². The summed E-state index contributed by atoms with van der Waals surface area (Å²) in [6.45, 7) is 5.96. The van der Waals surface area contributed by atoms with E-state index in [0.29, 0.717) is 13.2 Å². The second-order valence-electron chi connectivity index (χ2n) is 4.80. The Balaban J connectivity index is 2.13. The maximum absolute atomic E-state index is 11.8. The average molecular weight is 327 g/mol. The maximum Gasteiger partial charge on any atom is 0.310 e. The van der Waals surface area contributed by atoms with Crippen LogP contribution >= 0.6 is 15.9 Å². The Morgan fingerprint density at radius 3 is 3.16 bits per heavy atom. The van der Waals surface area contributed by atoms with Gasteiger partial charge in [-0.3, -0.25) is 4.79 Å². The van der Waals surface area contributed by atoms with Crippen molar-refractivity contribution in [1.82, 2.24) is 4.98 Å². The van der Waals surface area contributed by atoms with Crippen LogP contribution in [0.5, 0.6) is 0 Å². The molecule has 4 nitrogen and oxygen atoms in total. The Labute approximate surface area is 122 Å². The van der Waals surface area contributed by atoms with Crippen LogP contribution in [0.1, 0.15) is 25.3 Å². The zero-order valence-electron chi connectivity index (χ0n) is 11.4. The zero-order chi connectivity index (χ0) is 13.8. The number of aromatic nitrogens is 1. The van der Waals surface area contributed by atoms with Gasteiger partial charge in [-0.2, -0.15) is 0 Å². The minimum atomic E-state index is -0.0871.